The molecule has 2 heterocycles. The first-order chi connectivity index (χ1) is 16.5. The maximum atomic E-state index is 13.5. The molecule has 1 aliphatic rings. The average Bonchev–Trinajstić information content (AvgIpc) is 3.48. The van der Waals surface area contributed by atoms with E-state index in [0.717, 1.165) is 16.7 Å². The molecule has 3 aromatic carbocycles. The van der Waals surface area contributed by atoms with E-state index in [2.05, 4.69) is 18.1 Å². The van der Waals surface area contributed by atoms with Gasteiger partial charge in [0.25, 0.3) is 5.91 Å². The van der Waals surface area contributed by atoms with E-state index in [1.54, 1.807) is 29.2 Å². The van der Waals surface area contributed by atoms with Crippen LogP contribution in [-0.4, -0.2) is 22.8 Å². The van der Waals surface area contributed by atoms with Gasteiger partial charge in [0.2, 0.25) is 6.79 Å². The summed E-state index contributed by atoms with van der Waals surface area (Å²) < 4.78 is 16.5. The van der Waals surface area contributed by atoms with Crippen LogP contribution in [0.2, 0.25) is 5.02 Å². The highest BCUT2D eigenvalue weighted by Gasteiger charge is 2.22. The standard InChI is InChI=1S/C27H23ClN2O4/c1-17-7-9-21(18(2)11-17)25-13-20(29-34-25)15-30(27(31)22-5-3-4-6-23(22)28)14-19-8-10-24-26(12-19)33-16-32-24/h3-13H,14-16H2,1-2H3. The minimum Gasteiger partial charge on any atom is -0.454 e. The second kappa shape index (κ2) is 9.23. The summed E-state index contributed by atoms with van der Waals surface area (Å²) in [5.74, 6) is 1.84. The summed E-state index contributed by atoms with van der Waals surface area (Å²) in [7, 11) is 0. The van der Waals surface area contributed by atoms with Crippen molar-refractivity contribution in [1.82, 2.24) is 10.1 Å². The van der Waals surface area contributed by atoms with E-state index in [9.17, 15) is 4.79 Å². The van der Waals surface area contributed by atoms with Crippen LogP contribution in [0.3, 0.4) is 0 Å². The normalized spacial score (nSPS) is 12.1. The number of hydrogen-bond acceptors (Lipinski definition) is 5. The van der Waals surface area contributed by atoms with Crippen molar-refractivity contribution in [2.45, 2.75) is 26.9 Å². The Hall–Kier alpha value is -3.77. The van der Waals surface area contributed by atoms with Crippen LogP contribution in [0.1, 0.15) is 32.7 Å². The lowest BCUT2D eigenvalue weighted by atomic mass is 10.0. The third-order valence-electron chi connectivity index (χ3n) is 5.76. The Morgan fingerprint density at radius 2 is 1.79 bits per heavy atom. The molecule has 0 unspecified atom stereocenters. The molecule has 0 bridgehead atoms. The first-order valence-electron chi connectivity index (χ1n) is 10.9. The van der Waals surface area contributed by atoms with Gasteiger partial charge in [-0.15, -0.1) is 0 Å². The van der Waals surface area contributed by atoms with E-state index >= 15 is 0 Å². The lowest BCUT2D eigenvalue weighted by molar-refractivity contribution is 0.0726. The molecule has 1 amide bonds. The zero-order chi connectivity index (χ0) is 23.7. The second-order valence-electron chi connectivity index (χ2n) is 8.33. The number of ether oxygens (including phenoxy) is 2. The molecule has 1 aromatic heterocycles. The molecule has 0 aliphatic carbocycles. The van der Waals surface area contributed by atoms with Crippen molar-refractivity contribution < 1.29 is 18.8 Å². The van der Waals surface area contributed by atoms with Gasteiger partial charge < -0.3 is 18.9 Å². The number of amides is 1. The molecule has 0 atom stereocenters. The second-order valence-corrected chi connectivity index (χ2v) is 8.74. The van der Waals surface area contributed by atoms with Gasteiger partial charge in [0, 0.05) is 18.2 Å². The third kappa shape index (κ3) is 4.50. The zero-order valence-electron chi connectivity index (χ0n) is 18.9. The fourth-order valence-corrected chi connectivity index (χ4v) is 4.28. The van der Waals surface area contributed by atoms with Crippen LogP contribution in [0.5, 0.6) is 11.5 Å². The van der Waals surface area contributed by atoms with Gasteiger partial charge in [-0.3, -0.25) is 4.79 Å². The highest BCUT2D eigenvalue weighted by atomic mass is 35.5. The smallest absolute Gasteiger partial charge is 0.256 e. The van der Waals surface area contributed by atoms with Crippen molar-refractivity contribution in [2.75, 3.05) is 6.79 Å². The van der Waals surface area contributed by atoms with Gasteiger partial charge >= 0.3 is 0 Å². The number of hydrogen-bond donors (Lipinski definition) is 0. The first-order valence-corrected chi connectivity index (χ1v) is 11.3. The Bertz CT molecular complexity index is 1360. The molecule has 0 N–H and O–H groups in total. The molecule has 1 aliphatic heterocycles. The molecule has 0 saturated heterocycles. The number of aromatic nitrogens is 1. The summed E-state index contributed by atoms with van der Waals surface area (Å²) in [6.45, 7) is 4.88. The van der Waals surface area contributed by atoms with Gasteiger partial charge in [-0.25, -0.2) is 0 Å². The summed E-state index contributed by atoms with van der Waals surface area (Å²) in [5, 5.41) is 4.65. The number of rotatable bonds is 6. The van der Waals surface area contributed by atoms with Crippen LogP contribution >= 0.6 is 11.6 Å². The van der Waals surface area contributed by atoms with Crippen LogP contribution < -0.4 is 9.47 Å². The summed E-state index contributed by atoms with van der Waals surface area (Å²) in [5.41, 5.74) is 5.25. The first kappa shape index (κ1) is 22.0. The Morgan fingerprint density at radius 1 is 0.971 bits per heavy atom. The van der Waals surface area contributed by atoms with Crippen LogP contribution in [0, 0.1) is 13.8 Å². The predicted molar refractivity (Wildman–Crippen MR) is 129 cm³/mol. The number of halogens is 1. The summed E-state index contributed by atoms with van der Waals surface area (Å²) in [6, 6.07) is 20.7. The molecule has 6 nitrogen and oxygen atoms in total. The van der Waals surface area contributed by atoms with Gasteiger partial charge in [0.05, 0.1) is 17.1 Å². The number of nitrogens with zero attached hydrogens (tertiary/aromatic N) is 2. The monoisotopic (exact) mass is 474 g/mol. The predicted octanol–water partition coefficient (Wildman–Crippen LogP) is 6.18. The number of carbonyl (C=O) groups excluding carboxylic acids is 1. The largest absolute Gasteiger partial charge is 0.454 e. The van der Waals surface area contributed by atoms with Crippen molar-refractivity contribution in [1.29, 1.82) is 0 Å². The van der Waals surface area contributed by atoms with Gasteiger partial charge in [0.15, 0.2) is 17.3 Å². The lowest BCUT2D eigenvalue weighted by Crippen LogP contribution is -2.30. The van der Waals surface area contributed by atoms with E-state index in [1.807, 2.05) is 43.3 Å². The van der Waals surface area contributed by atoms with Crippen LogP contribution in [0.15, 0.2) is 71.3 Å². The SMILES string of the molecule is Cc1ccc(-c2cc(CN(Cc3ccc4c(c3)OCO4)C(=O)c3ccccc3Cl)no2)c(C)c1. The fourth-order valence-electron chi connectivity index (χ4n) is 4.06. The van der Waals surface area contributed by atoms with E-state index in [4.69, 9.17) is 25.6 Å². The number of carbonyl (C=O) groups is 1. The van der Waals surface area contributed by atoms with Crippen LogP contribution in [0.25, 0.3) is 11.3 Å². The van der Waals surface area contributed by atoms with Crippen LogP contribution in [0.4, 0.5) is 0 Å². The van der Waals surface area contributed by atoms with Gasteiger partial charge in [-0.1, -0.05) is 58.7 Å². The molecule has 5 rings (SSSR count). The average molecular weight is 475 g/mol. The van der Waals surface area contributed by atoms with Crippen molar-refractivity contribution in [2.24, 2.45) is 0 Å². The Kier molecular flexibility index (Phi) is 5.99. The van der Waals surface area contributed by atoms with Crippen molar-refractivity contribution in [3.8, 4) is 22.8 Å². The van der Waals surface area contributed by atoms with Gasteiger partial charge in [0.1, 0.15) is 5.69 Å². The van der Waals surface area contributed by atoms with Crippen LogP contribution in [-0.2, 0) is 13.1 Å². The Morgan fingerprint density at radius 3 is 2.62 bits per heavy atom. The highest BCUT2D eigenvalue weighted by molar-refractivity contribution is 6.33. The summed E-state index contributed by atoms with van der Waals surface area (Å²) in [4.78, 5) is 15.2. The summed E-state index contributed by atoms with van der Waals surface area (Å²) >= 11 is 6.34. The van der Waals surface area contributed by atoms with E-state index in [0.29, 0.717) is 40.1 Å². The quantitative estimate of drug-likeness (QED) is 0.333. The molecule has 172 valence electrons. The Labute approximate surface area is 202 Å². The number of fused-ring (bicyclic) bond motifs is 1. The molecule has 0 fully saturated rings. The van der Waals surface area contributed by atoms with Crippen molar-refractivity contribution in [3.63, 3.8) is 0 Å². The van der Waals surface area contributed by atoms with E-state index < -0.39 is 0 Å². The van der Waals surface area contributed by atoms with Crippen molar-refractivity contribution >= 4 is 17.5 Å². The number of aryl methyl sites for hydroxylation is 2. The summed E-state index contributed by atoms with van der Waals surface area (Å²) in [6.07, 6.45) is 0. The maximum absolute atomic E-state index is 13.5. The molecule has 0 spiro atoms. The molecule has 7 heteroatoms. The molecule has 0 saturated carbocycles. The molecule has 0 radical (unpaired) electrons. The molecular formula is C27H23ClN2O4. The van der Waals surface area contributed by atoms with E-state index in [-0.39, 0.29) is 19.2 Å². The maximum Gasteiger partial charge on any atom is 0.256 e. The highest BCUT2D eigenvalue weighted by Crippen LogP contribution is 2.33. The topological polar surface area (TPSA) is 64.8 Å². The Balaban J connectivity index is 1.44. The number of benzene rings is 3. The van der Waals surface area contributed by atoms with Crippen molar-refractivity contribution in [3.05, 3.63) is 99.7 Å². The molecule has 34 heavy (non-hydrogen) atoms. The minimum atomic E-state index is -0.195. The lowest BCUT2D eigenvalue weighted by Gasteiger charge is -2.22. The zero-order valence-corrected chi connectivity index (χ0v) is 19.6. The molecule has 4 aromatic rings. The van der Waals surface area contributed by atoms with Gasteiger partial charge in [-0.2, -0.15) is 0 Å². The van der Waals surface area contributed by atoms with Gasteiger partial charge in [-0.05, 0) is 49.2 Å². The fraction of sp³-hybridized carbons (Fsp3) is 0.185. The van der Waals surface area contributed by atoms with E-state index in [1.165, 1.54) is 5.56 Å². The third-order valence-corrected chi connectivity index (χ3v) is 6.09. The minimum absolute atomic E-state index is 0.195. The molecular weight excluding hydrogens is 452 g/mol.